The summed E-state index contributed by atoms with van der Waals surface area (Å²) in [6.07, 6.45) is 8.20. The summed E-state index contributed by atoms with van der Waals surface area (Å²) >= 11 is 0. The highest BCUT2D eigenvalue weighted by molar-refractivity contribution is 6.12. The summed E-state index contributed by atoms with van der Waals surface area (Å²) in [4.78, 5) is 11.4. The van der Waals surface area contributed by atoms with E-state index >= 15 is 0 Å². The molecule has 0 radical (unpaired) electrons. The van der Waals surface area contributed by atoms with Crippen LogP contribution >= 0.6 is 12.4 Å². The van der Waals surface area contributed by atoms with Crippen molar-refractivity contribution in [3.63, 3.8) is 0 Å². The summed E-state index contributed by atoms with van der Waals surface area (Å²) in [5.41, 5.74) is 4.62. The number of para-hydroxylation sites is 1. The molecule has 0 atom stereocenters. The molecule has 1 aromatic carbocycles. The fourth-order valence-electron chi connectivity index (χ4n) is 1.98. The summed E-state index contributed by atoms with van der Waals surface area (Å²) < 4.78 is 1.55. The fraction of sp³-hybridized carbons (Fsp3) is 0. The van der Waals surface area contributed by atoms with Crippen LogP contribution in [0.4, 0.5) is 0 Å². The van der Waals surface area contributed by atoms with Gasteiger partial charge in [0.2, 0.25) is 0 Å². The number of carbonyl (C=O) groups is 1. The first-order chi connectivity index (χ1) is 10.3. The quantitative estimate of drug-likeness (QED) is 0.911. The molecule has 1 aliphatic rings. The number of hydrogen-bond donors (Lipinski definition) is 2. The van der Waals surface area contributed by atoms with E-state index in [1.807, 2.05) is 30.3 Å². The van der Waals surface area contributed by atoms with Crippen molar-refractivity contribution in [3.05, 3.63) is 66.1 Å². The molecule has 3 rings (SSSR count). The first kappa shape index (κ1) is 15.5. The van der Waals surface area contributed by atoms with E-state index in [4.69, 9.17) is 0 Å². The van der Waals surface area contributed by atoms with Crippen LogP contribution in [-0.2, 0) is 0 Å². The van der Waals surface area contributed by atoms with E-state index in [1.165, 1.54) is 6.20 Å². The predicted octanol–water partition coefficient (Wildman–Crippen LogP) is 2.48. The zero-order valence-corrected chi connectivity index (χ0v) is 12.2. The average Bonchev–Trinajstić information content (AvgIpc) is 2.78. The Kier molecular flexibility index (Phi) is 4.75. The minimum absolute atomic E-state index is 0. The molecule has 1 aliphatic heterocycles. The Hall–Kier alpha value is -2.86. The summed E-state index contributed by atoms with van der Waals surface area (Å²) in [5.74, 6) is -1.03. The molecule has 2 N–H and O–H groups in total. The van der Waals surface area contributed by atoms with Crippen molar-refractivity contribution in [1.82, 2.24) is 15.2 Å². The van der Waals surface area contributed by atoms with Crippen LogP contribution in [-0.4, -0.2) is 27.1 Å². The van der Waals surface area contributed by atoms with Crippen molar-refractivity contribution < 1.29 is 9.90 Å². The third-order valence-corrected chi connectivity index (χ3v) is 2.96. The van der Waals surface area contributed by atoms with Gasteiger partial charge >= 0.3 is 5.97 Å². The molecule has 7 heteroatoms. The molecule has 22 heavy (non-hydrogen) atoms. The Labute approximate surface area is 132 Å². The van der Waals surface area contributed by atoms with Crippen molar-refractivity contribution in [2.24, 2.45) is 5.10 Å². The lowest BCUT2D eigenvalue weighted by Crippen LogP contribution is -2.01. The van der Waals surface area contributed by atoms with Gasteiger partial charge in [-0.2, -0.15) is 10.2 Å². The number of carboxylic acids is 1. The van der Waals surface area contributed by atoms with Crippen LogP contribution in [0.25, 0.3) is 11.3 Å². The molecule has 2 heterocycles. The van der Waals surface area contributed by atoms with E-state index < -0.39 is 5.97 Å². The van der Waals surface area contributed by atoms with Crippen LogP contribution in [0.1, 0.15) is 16.1 Å². The second-order valence-electron chi connectivity index (χ2n) is 4.35. The molecule has 0 saturated carbocycles. The first-order valence-corrected chi connectivity index (χ1v) is 6.30. The maximum Gasteiger partial charge on any atom is 0.339 e. The number of nitrogens with zero attached hydrogens (tertiary/aromatic N) is 3. The molecule has 6 nitrogen and oxygen atoms in total. The molecule has 0 amide bonds. The molecule has 2 aromatic rings. The number of halogens is 1. The standard InChI is InChI=1S/C15H12N4O2.ClH/c20-15(21)13-10-19(12-6-2-1-3-7-12)18-14(13)11-5-4-8-16-17-9-11;/h1-10,16H,(H,20,21);1H. The Bertz CT molecular complexity index is 763. The first-order valence-electron chi connectivity index (χ1n) is 6.30. The molecular weight excluding hydrogens is 304 g/mol. The van der Waals surface area contributed by atoms with E-state index in [0.717, 1.165) is 5.69 Å². The van der Waals surface area contributed by atoms with E-state index in [-0.39, 0.29) is 18.0 Å². The van der Waals surface area contributed by atoms with Gasteiger partial charge in [-0.15, -0.1) is 12.4 Å². The summed E-state index contributed by atoms with van der Waals surface area (Å²) in [6, 6.07) is 9.36. The highest BCUT2D eigenvalue weighted by Crippen LogP contribution is 2.19. The number of benzene rings is 1. The van der Waals surface area contributed by atoms with Crippen LogP contribution in [0.2, 0.25) is 0 Å². The number of aromatic nitrogens is 2. The molecule has 0 unspecified atom stereocenters. The second kappa shape index (κ2) is 6.73. The van der Waals surface area contributed by atoms with Gasteiger partial charge in [0.25, 0.3) is 0 Å². The third-order valence-electron chi connectivity index (χ3n) is 2.96. The topological polar surface area (TPSA) is 79.5 Å². The van der Waals surface area contributed by atoms with Gasteiger partial charge in [0.1, 0.15) is 11.3 Å². The van der Waals surface area contributed by atoms with Gasteiger partial charge in [0, 0.05) is 18.0 Å². The Morgan fingerprint density at radius 3 is 2.73 bits per heavy atom. The van der Waals surface area contributed by atoms with Crippen LogP contribution in [0.3, 0.4) is 0 Å². The van der Waals surface area contributed by atoms with Crippen molar-refractivity contribution in [2.75, 3.05) is 0 Å². The van der Waals surface area contributed by atoms with Crippen molar-refractivity contribution in [2.45, 2.75) is 0 Å². The zero-order valence-electron chi connectivity index (χ0n) is 11.4. The maximum absolute atomic E-state index is 11.4. The Balaban J connectivity index is 0.00000176. The maximum atomic E-state index is 11.4. The van der Waals surface area contributed by atoms with Crippen LogP contribution in [0.15, 0.2) is 60.0 Å². The van der Waals surface area contributed by atoms with E-state index in [1.54, 1.807) is 29.2 Å². The number of rotatable bonds is 3. The smallest absolute Gasteiger partial charge is 0.339 e. The van der Waals surface area contributed by atoms with E-state index in [9.17, 15) is 9.90 Å². The number of hydrazone groups is 1. The average molecular weight is 317 g/mol. The summed E-state index contributed by atoms with van der Waals surface area (Å²) in [6.45, 7) is 0. The van der Waals surface area contributed by atoms with Crippen molar-refractivity contribution in [3.8, 4) is 5.69 Å². The minimum atomic E-state index is -1.03. The highest BCUT2D eigenvalue weighted by atomic mass is 35.5. The molecule has 0 bridgehead atoms. The molecule has 0 fully saturated rings. The lowest BCUT2D eigenvalue weighted by molar-refractivity contribution is 0.0696. The van der Waals surface area contributed by atoms with Crippen molar-refractivity contribution >= 4 is 30.2 Å². The predicted molar refractivity (Wildman–Crippen MR) is 86.5 cm³/mol. The molecule has 0 spiro atoms. The summed E-state index contributed by atoms with van der Waals surface area (Å²) in [5, 5.41) is 17.7. The molecule has 1 aromatic heterocycles. The zero-order chi connectivity index (χ0) is 14.7. The third kappa shape index (κ3) is 3.07. The normalized spacial score (nSPS) is 12.8. The number of hydrogen-bond acceptors (Lipinski definition) is 4. The number of allylic oxidation sites excluding steroid dienone is 3. The van der Waals surface area contributed by atoms with Crippen molar-refractivity contribution in [1.29, 1.82) is 0 Å². The van der Waals surface area contributed by atoms with Crippen LogP contribution < -0.4 is 5.43 Å². The summed E-state index contributed by atoms with van der Waals surface area (Å²) in [7, 11) is 0. The van der Waals surface area contributed by atoms with Gasteiger partial charge in [-0.1, -0.05) is 18.2 Å². The van der Waals surface area contributed by atoms with Gasteiger partial charge in [0.15, 0.2) is 0 Å². The number of nitrogens with one attached hydrogen (secondary N) is 1. The molecule has 112 valence electrons. The van der Waals surface area contributed by atoms with Gasteiger partial charge in [-0.25, -0.2) is 9.48 Å². The second-order valence-corrected chi connectivity index (χ2v) is 4.35. The number of carboxylic acid groups (broad SMARTS) is 1. The SMILES string of the molecule is Cl.O=C(O)c1cn(-c2ccccc2)nc1C1=CC=CNN=C1. The molecular formula is C15H13ClN4O2. The largest absolute Gasteiger partial charge is 0.478 e. The molecule has 0 saturated heterocycles. The van der Waals surface area contributed by atoms with Gasteiger partial charge in [-0.05, 0) is 24.3 Å². The van der Waals surface area contributed by atoms with Crippen LogP contribution in [0, 0.1) is 0 Å². The monoisotopic (exact) mass is 316 g/mol. The number of aromatic carboxylic acids is 1. The lowest BCUT2D eigenvalue weighted by atomic mass is 10.1. The lowest BCUT2D eigenvalue weighted by Gasteiger charge is -1.99. The Morgan fingerprint density at radius 1 is 1.23 bits per heavy atom. The van der Waals surface area contributed by atoms with E-state index in [0.29, 0.717) is 11.3 Å². The highest BCUT2D eigenvalue weighted by Gasteiger charge is 2.18. The van der Waals surface area contributed by atoms with Gasteiger partial charge < -0.3 is 5.11 Å². The van der Waals surface area contributed by atoms with E-state index in [2.05, 4.69) is 15.6 Å². The van der Waals surface area contributed by atoms with Gasteiger partial charge in [-0.3, -0.25) is 5.43 Å². The van der Waals surface area contributed by atoms with Crippen LogP contribution in [0.5, 0.6) is 0 Å². The molecule has 0 aliphatic carbocycles. The minimum Gasteiger partial charge on any atom is -0.478 e. The van der Waals surface area contributed by atoms with Gasteiger partial charge in [0.05, 0.1) is 11.9 Å². The Morgan fingerprint density at radius 2 is 2.00 bits per heavy atom. The fourth-order valence-corrected chi connectivity index (χ4v) is 1.98.